The lowest BCUT2D eigenvalue weighted by atomic mass is 10.0. The van der Waals surface area contributed by atoms with Gasteiger partial charge in [-0.15, -0.1) is 0 Å². The lowest BCUT2D eigenvalue weighted by Crippen LogP contribution is -1.99. The molecule has 2 nitrogen and oxygen atoms in total. The van der Waals surface area contributed by atoms with E-state index in [1.165, 1.54) is 0 Å². The van der Waals surface area contributed by atoms with Crippen LogP contribution in [0.25, 0.3) is 0 Å². The summed E-state index contributed by atoms with van der Waals surface area (Å²) >= 11 is 0. The lowest BCUT2D eigenvalue weighted by Gasteiger charge is -2.14. The Balaban J connectivity index is 2.98. The molecule has 2 heteroatoms. The maximum absolute atomic E-state index is 5.57. The molecule has 0 unspecified atom stereocenters. The van der Waals surface area contributed by atoms with Crippen LogP contribution in [-0.2, 0) is 0 Å². The molecule has 0 fully saturated rings. The zero-order chi connectivity index (χ0) is 11.3. The second-order valence-electron chi connectivity index (χ2n) is 3.66. The predicted molar refractivity (Wildman–Crippen MR) is 62.8 cm³/mol. The SMILES string of the molecule is C=CCOc1ccc(OC)cc1C(C)C. The van der Waals surface area contributed by atoms with Crippen LogP contribution in [0, 0.1) is 0 Å². The maximum atomic E-state index is 5.57. The first-order valence-electron chi connectivity index (χ1n) is 5.10. The third-order valence-corrected chi connectivity index (χ3v) is 2.20. The number of methoxy groups -OCH3 is 1. The number of hydrogen-bond donors (Lipinski definition) is 0. The van der Waals surface area contributed by atoms with E-state index >= 15 is 0 Å². The fourth-order valence-electron chi connectivity index (χ4n) is 1.38. The van der Waals surface area contributed by atoms with Gasteiger partial charge >= 0.3 is 0 Å². The van der Waals surface area contributed by atoms with Crippen molar-refractivity contribution in [3.63, 3.8) is 0 Å². The second kappa shape index (κ2) is 5.44. The van der Waals surface area contributed by atoms with E-state index in [1.807, 2.05) is 18.2 Å². The standard InChI is InChI=1S/C13H18O2/c1-5-8-15-13-7-6-11(14-4)9-12(13)10(2)3/h5-7,9-10H,1,8H2,2-4H3. The van der Waals surface area contributed by atoms with Gasteiger partial charge < -0.3 is 9.47 Å². The van der Waals surface area contributed by atoms with Gasteiger partial charge in [-0.05, 0) is 24.1 Å². The number of ether oxygens (including phenoxy) is 2. The molecule has 0 aliphatic heterocycles. The van der Waals surface area contributed by atoms with Crippen LogP contribution < -0.4 is 9.47 Å². The smallest absolute Gasteiger partial charge is 0.123 e. The van der Waals surface area contributed by atoms with Gasteiger partial charge in [-0.2, -0.15) is 0 Å². The Morgan fingerprint density at radius 2 is 2.13 bits per heavy atom. The molecular formula is C13H18O2. The van der Waals surface area contributed by atoms with E-state index in [4.69, 9.17) is 9.47 Å². The van der Waals surface area contributed by atoms with Crippen molar-refractivity contribution in [2.24, 2.45) is 0 Å². The van der Waals surface area contributed by atoms with Gasteiger partial charge in [0.2, 0.25) is 0 Å². The van der Waals surface area contributed by atoms with Crippen molar-refractivity contribution in [2.45, 2.75) is 19.8 Å². The molecule has 1 rings (SSSR count). The van der Waals surface area contributed by atoms with Crippen molar-refractivity contribution in [2.75, 3.05) is 13.7 Å². The first-order valence-corrected chi connectivity index (χ1v) is 5.10. The molecule has 0 bridgehead atoms. The van der Waals surface area contributed by atoms with E-state index in [2.05, 4.69) is 20.4 Å². The monoisotopic (exact) mass is 206 g/mol. The maximum Gasteiger partial charge on any atom is 0.123 e. The van der Waals surface area contributed by atoms with E-state index in [9.17, 15) is 0 Å². The second-order valence-corrected chi connectivity index (χ2v) is 3.66. The normalized spacial score (nSPS) is 10.1. The average Bonchev–Trinajstić information content (AvgIpc) is 2.26. The molecule has 0 aromatic heterocycles. The molecule has 0 radical (unpaired) electrons. The van der Waals surface area contributed by atoms with Gasteiger partial charge in [0.1, 0.15) is 18.1 Å². The summed E-state index contributed by atoms with van der Waals surface area (Å²) in [6.07, 6.45) is 1.74. The molecule has 0 heterocycles. The van der Waals surface area contributed by atoms with Crippen LogP contribution in [0.3, 0.4) is 0 Å². The molecule has 15 heavy (non-hydrogen) atoms. The molecular weight excluding hydrogens is 188 g/mol. The number of benzene rings is 1. The molecule has 0 saturated carbocycles. The highest BCUT2D eigenvalue weighted by atomic mass is 16.5. The predicted octanol–water partition coefficient (Wildman–Crippen LogP) is 3.38. The highest BCUT2D eigenvalue weighted by Crippen LogP contribution is 2.30. The highest BCUT2D eigenvalue weighted by Gasteiger charge is 2.08. The van der Waals surface area contributed by atoms with Crippen LogP contribution >= 0.6 is 0 Å². The van der Waals surface area contributed by atoms with Crippen LogP contribution in [0.4, 0.5) is 0 Å². The third-order valence-electron chi connectivity index (χ3n) is 2.20. The summed E-state index contributed by atoms with van der Waals surface area (Å²) in [6, 6.07) is 5.87. The summed E-state index contributed by atoms with van der Waals surface area (Å²) in [6.45, 7) is 8.44. The fraction of sp³-hybridized carbons (Fsp3) is 0.385. The Hall–Kier alpha value is -1.44. The van der Waals surface area contributed by atoms with Crippen LogP contribution in [0.5, 0.6) is 11.5 Å². The molecule has 0 N–H and O–H groups in total. The fourth-order valence-corrected chi connectivity index (χ4v) is 1.38. The van der Waals surface area contributed by atoms with Crippen molar-refractivity contribution in [1.82, 2.24) is 0 Å². The van der Waals surface area contributed by atoms with Crippen molar-refractivity contribution in [3.05, 3.63) is 36.4 Å². The van der Waals surface area contributed by atoms with Crippen LogP contribution in [0.15, 0.2) is 30.9 Å². The molecule has 0 amide bonds. The summed E-state index contributed by atoms with van der Waals surface area (Å²) in [5.41, 5.74) is 1.16. The molecule has 0 atom stereocenters. The Bertz CT molecular complexity index is 329. The molecule has 0 spiro atoms. The molecule has 0 aliphatic rings. The Morgan fingerprint density at radius 1 is 1.40 bits per heavy atom. The topological polar surface area (TPSA) is 18.5 Å². The van der Waals surface area contributed by atoms with Gasteiger partial charge in [0.05, 0.1) is 7.11 Å². The number of rotatable bonds is 5. The zero-order valence-corrected chi connectivity index (χ0v) is 9.62. The summed E-state index contributed by atoms with van der Waals surface area (Å²) in [4.78, 5) is 0. The summed E-state index contributed by atoms with van der Waals surface area (Å²) in [7, 11) is 1.67. The van der Waals surface area contributed by atoms with E-state index in [-0.39, 0.29) is 0 Å². The average molecular weight is 206 g/mol. The minimum absolute atomic E-state index is 0.417. The first-order chi connectivity index (χ1) is 7.19. The molecule has 0 aliphatic carbocycles. The van der Waals surface area contributed by atoms with E-state index < -0.39 is 0 Å². The van der Waals surface area contributed by atoms with E-state index in [0.29, 0.717) is 12.5 Å². The molecule has 82 valence electrons. The van der Waals surface area contributed by atoms with Crippen LogP contribution in [0.1, 0.15) is 25.3 Å². The van der Waals surface area contributed by atoms with Crippen LogP contribution in [-0.4, -0.2) is 13.7 Å². The Kier molecular flexibility index (Phi) is 4.22. The Morgan fingerprint density at radius 3 is 2.67 bits per heavy atom. The Labute approximate surface area is 91.5 Å². The van der Waals surface area contributed by atoms with Gasteiger partial charge in [0.25, 0.3) is 0 Å². The minimum Gasteiger partial charge on any atom is -0.497 e. The quantitative estimate of drug-likeness (QED) is 0.687. The lowest BCUT2D eigenvalue weighted by molar-refractivity contribution is 0.355. The van der Waals surface area contributed by atoms with Crippen molar-refractivity contribution in [1.29, 1.82) is 0 Å². The molecule has 1 aromatic rings. The van der Waals surface area contributed by atoms with Crippen molar-refractivity contribution in [3.8, 4) is 11.5 Å². The largest absolute Gasteiger partial charge is 0.497 e. The summed E-state index contributed by atoms with van der Waals surface area (Å²) in [5, 5.41) is 0. The van der Waals surface area contributed by atoms with Gasteiger partial charge in [-0.25, -0.2) is 0 Å². The van der Waals surface area contributed by atoms with Gasteiger partial charge in [-0.1, -0.05) is 26.5 Å². The molecule has 0 saturated heterocycles. The van der Waals surface area contributed by atoms with Gasteiger partial charge in [0, 0.05) is 5.56 Å². The minimum atomic E-state index is 0.417. The van der Waals surface area contributed by atoms with E-state index in [1.54, 1.807) is 13.2 Å². The van der Waals surface area contributed by atoms with Gasteiger partial charge in [-0.3, -0.25) is 0 Å². The number of hydrogen-bond acceptors (Lipinski definition) is 2. The summed E-state index contributed by atoms with van der Waals surface area (Å²) < 4.78 is 10.8. The van der Waals surface area contributed by atoms with Crippen LogP contribution in [0.2, 0.25) is 0 Å². The molecule has 1 aromatic carbocycles. The van der Waals surface area contributed by atoms with Gasteiger partial charge in [0.15, 0.2) is 0 Å². The van der Waals surface area contributed by atoms with Crippen molar-refractivity contribution >= 4 is 0 Å². The first kappa shape index (κ1) is 11.6. The highest BCUT2D eigenvalue weighted by molar-refractivity contribution is 5.42. The zero-order valence-electron chi connectivity index (χ0n) is 9.62. The van der Waals surface area contributed by atoms with E-state index in [0.717, 1.165) is 17.1 Å². The third kappa shape index (κ3) is 3.01. The van der Waals surface area contributed by atoms with Crippen molar-refractivity contribution < 1.29 is 9.47 Å². The summed E-state index contributed by atoms with van der Waals surface area (Å²) in [5.74, 6) is 2.19.